The highest BCUT2D eigenvalue weighted by Crippen LogP contribution is 2.16. The van der Waals surface area contributed by atoms with Gasteiger partial charge in [0.15, 0.2) is 0 Å². The number of unbranched alkanes of at least 4 members (excludes halogenated alkanes) is 2. The largest absolute Gasteiger partial charge is 0.374 e. The van der Waals surface area contributed by atoms with Crippen molar-refractivity contribution < 1.29 is 0 Å². The first-order valence-electron chi connectivity index (χ1n) is 5.43. The molecule has 0 bridgehead atoms. The molecule has 0 aliphatic carbocycles. The van der Waals surface area contributed by atoms with Crippen LogP contribution in [0.4, 0.5) is 5.69 Å². The number of alkyl halides is 1. The van der Waals surface area contributed by atoms with Crippen LogP contribution < -0.4 is 4.90 Å². The van der Waals surface area contributed by atoms with E-state index in [1.165, 1.54) is 24.1 Å². The lowest BCUT2D eigenvalue weighted by Gasteiger charge is -2.20. The van der Waals surface area contributed by atoms with E-state index in [2.05, 4.69) is 29.9 Å². The Bertz CT molecular complexity index is 289. The van der Waals surface area contributed by atoms with Gasteiger partial charge in [0.05, 0.1) is 0 Å². The Kier molecular flexibility index (Phi) is 5.48. The number of rotatable bonds is 6. The molecule has 2 nitrogen and oxygen atoms in total. The van der Waals surface area contributed by atoms with Crippen molar-refractivity contribution in [2.45, 2.75) is 26.2 Å². The minimum atomic E-state index is 0.776. The Morgan fingerprint density at radius 3 is 2.80 bits per heavy atom. The summed E-state index contributed by atoms with van der Waals surface area (Å²) in [4.78, 5) is 6.38. The highest BCUT2D eigenvalue weighted by Gasteiger charge is 2.02. The zero-order valence-electron chi connectivity index (χ0n) is 9.54. The molecule has 0 aliphatic rings. The highest BCUT2D eigenvalue weighted by molar-refractivity contribution is 6.17. The van der Waals surface area contributed by atoms with Gasteiger partial charge in [-0.15, -0.1) is 11.6 Å². The third kappa shape index (κ3) is 4.08. The van der Waals surface area contributed by atoms with Crippen molar-refractivity contribution >= 4 is 17.3 Å². The molecule has 1 aromatic rings. The lowest BCUT2D eigenvalue weighted by molar-refractivity contribution is 0.707. The Hall–Kier alpha value is -0.760. The summed E-state index contributed by atoms with van der Waals surface area (Å²) >= 11 is 5.64. The van der Waals surface area contributed by atoms with Crippen LogP contribution in [0.2, 0.25) is 0 Å². The van der Waals surface area contributed by atoms with E-state index in [1.807, 2.05) is 12.4 Å². The summed E-state index contributed by atoms with van der Waals surface area (Å²) in [6, 6.07) is 2.07. The number of hydrogen-bond acceptors (Lipinski definition) is 2. The van der Waals surface area contributed by atoms with Gasteiger partial charge in [0.1, 0.15) is 0 Å². The second kappa shape index (κ2) is 6.67. The summed E-state index contributed by atoms with van der Waals surface area (Å²) in [6.45, 7) is 3.18. The fraction of sp³-hybridized carbons (Fsp3) is 0.583. The molecular weight excluding hydrogens is 208 g/mol. The van der Waals surface area contributed by atoms with Crippen molar-refractivity contribution in [1.29, 1.82) is 0 Å². The molecule has 0 saturated carbocycles. The molecule has 0 radical (unpaired) electrons. The van der Waals surface area contributed by atoms with Crippen LogP contribution in [0.1, 0.15) is 24.8 Å². The molecule has 0 unspecified atom stereocenters. The highest BCUT2D eigenvalue weighted by atomic mass is 35.5. The Labute approximate surface area is 97.3 Å². The van der Waals surface area contributed by atoms with Gasteiger partial charge >= 0.3 is 0 Å². The number of hydrogen-bond donors (Lipinski definition) is 0. The predicted octanol–water partition coefficient (Wildman–Crippen LogP) is 3.24. The van der Waals surface area contributed by atoms with Crippen molar-refractivity contribution in [2.75, 3.05) is 24.4 Å². The van der Waals surface area contributed by atoms with Gasteiger partial charge in [0.2, 0.25) is 0 Å². The minimum Gasteiger partial charge on any atom is -0.374 e. The van der Waals surface area contributed by atoms with Crippen LogP contribution in [-0.4, -0.2) is 24.5 Å². The normalized spacial score (nSPS) is 10.3. The fourth-order valence-corrected chi connectivity index (χ4v) is 1.82. The van der Waals surface area contributed by atoms with Crippen molar-refractivity contribution in [1.82, 2.24) is 4.98 Å². The van der Waals surface area contributed by atoms with Crippen LogP contribution in [0.5, 0.6) is 0 Å². The van der Waals surface area contributed by atoms with Gasteiger partial charge in [-0.25, -0.2) is 0 Å². The SMILES string of the molecule is Cc1cnccc1N(C)CCCCCCl. The molecule has 1 rings (SSSR count). The van der Waals surface area contributed by atoms with Gasteiger partial charge in [0.25, 0.3) is 0 Å². The summed E-state index contributed by atoms with van der Waals surface area (Å²) in [7, 11) is 2.13. The molecule has 0 atom stereocenters. The lowest BCUT2D eigenvalue weighted by Crippen LogP contribution is -2.19. The van der Waals surface area contributed by atoms with E-state index in [0.29, 0.717) is 0 Å². The van der Waals surface area contributed by atoms with E-state index in [9.17, 15) is 0 Å². The molecule has 0 N–H and O–H groups in total. The van der Waals surface area contributed by atoms with Gasteiger partial charge < -0.3 is 4.90 Å². The fourth-order valence-electron chi connectivity index (χ4n) is 1.64. The van der Waals surface area contributed by atoms with Gasteiger partial charge in [0, 0.05) is 37.6 Å². The average Bonchev–Trinajstić information content (AvgIpc) is 2.25. The molecular formula is C12H19ClN2. The number of aromatic nitrogens is 1. The molecule has 84 valence electrons. The van der Waals surface area contributed by atoms with Crippen LogP contribution in [-0.2, 0) is 0 Å². The maximum atomic E-state index is 5.64. The van der Waals surface area contributed by atoms with Gasteiger partial charge in [-0.2, -0.15) is 0 Å². The minimum absolute atomic E-state index is 0.776. The molecule has 0 aromatic carbocycles. The zero-order chi connectivity index (χ0) is 11.1. The molecule has 1 aromatic heterocycles. The number of aryl methyl sites for hydroxylation is 1. The number of halogens is 1. The van der Waals surface area contributed by atoms with E-state index < -0.39 is 0 Å². The summed E-state index contributed by atoms with van der Waals surface area (Å²) in [6.07, 6.45) is 7.27. The Morgan fingerprint density at radius 2 is 2.13 bits per heavy atom. The van der Waals surface area contributed by atoms with E-state index in [1.54, 1.807) is 0 Å². The van der Waals surface area contributed by atoms with Crippen molar-refractivity contribution in [3.05, 3.63) is 24.0 Å². The molecule has 0 fully saturated rings. The Balaban J connectivity index is 2.40. The van der Waals surface area contributed by atoms with Crippen molar-refractivity contribution in [3.63, 3.8) is 0 Å². The maximum absolute atomic E-state index is 5.64. The zero-order valence-corrected chi connectivity index (χ0v) is 10.3. The lowest BCUT2D eigenvalue weighted by atomic mass is 10.2. The third-order valence-electron chi connectivity index (χ3n) is 2.53. The van der Waals surface area contributed by atoms with E-state index in [0.717, 1.165) is 18.8 Å². The van der Waals surface area contributed by atoms with Crippen LogP contribution in [0, 0.1) is 6.92 Å². The van der Waals surface area contributed by atoms with E-state index in [4.69, 9.17) is 11.6 Å². The molecule has 0 aliphatic heterocycles. The molecule has 15 heavy (non-hydrogen) atoms. The van der Waals surface area contributed by atoms with Crippen LogP contribution in [0.25, 0.3) is 0 Å². The maximum Gasteiger partial charge on any atom is 0.0424 e. The van der Waals surface area contributed by atoms with Crippen molar-refractivity contribution in [3.8, 4) is 0 Å². The second-order valence-electron chi connectivity index (χ2n) is 3.83. The van der Waals surface area contributed by atoms with E-state index >= 15 is 0 Å². The molecule has 1 heterocycles. The van der Waals surface area contributed by atoms with E-state index in [-0.39, 0.29) is 0 Å². The van der Waals surface area contributed by atoms with Crippen LogP contribution in [0.3, 0.4) is 0 Å². The summed E-state index contributed by atoms with van der Waals surface area (Å²) < 4.78 is 0. The summed E-state index contributed by atoms with van der Waals surface area (Å²) in [5.41, 5.74) is 2.51. The number of nitrogens with zero attached hydrogens (tertiary/aromatic N) is 2. The van der Waals surface area contributed by atoms with Crippen LogP contribution >= 0.6 is 11.6 Å². The topological polar surface area (TPSA) is 16.1 Å². The summed E-state index contributed by atoms with van der Waals surface area (Å²) in [5.74, 6) is 0.776. The average molecular weight is 227 g/mol. The van der Waals surface area contributed by atoms with Crippen LogP contribution in [0.15, 0.2) is 18.5 Å². The van der Waals surface area contributed by atoms with Gasteiger partial charge in [-0.1, -0.05) is 6.42 Å². The van der Waals surface area contributed by atoms with Crippen molar-refractivity contribution in [2.24, 2.45) is 0 Å². The van der Waals surface area contributed by atoms with Gasteiger partial charge in [-0.3, -0.25) is 4.98 Å². The third-order valence-corrected chi connectivity index (χ3v) is 2.80. The summed E-state index contributed by atoms with van der Waals surface area (Å²) in [5, 5.41) is 0. The molecule has 0 spiro atoms. The first-order chi connectivity index (χ1) is 7.25. The standard InChI is InChI=1S/C12H19ClN2/c1-11-10-14-8-6-12(11)15(2)9-5-3-4-7-13/h6,8,10H,3-5,7,9H2,1-2H3. The first-order valence-corrected chi connectivity index (χ1v) is 5.97. The number of pyridine rings is 1. The molecule has 0 amide bonds. The monoisotopic (exact) mass is 226 g/mol. The first kappa shape index (κ1) is 12.3. The molecule has 0 saturated heterocycles. The van der Waals surface area contributed by atoms with Gasteiger partial charge in [-0.05, 0) is 31.4 Å². The Morgan fingerprint density at radius 1 is 1.33 bits per heavy atom. The predicted molar refractivity (Wildman–Crippen MR) is 66.8 cm³/mol. The number of anilines is 1. The second-order valence-corrected chi connectivity index (χ2v) is 4.21. The quantitative estimate of drug-likeness (QED) is 0.547. The molecule has 3 heteroatoms. The smallest absolute Gasteiger partial charge is 0.0424 e.